The number of hydrogen-bond donors (Lipinski definition) is 1. The van der Waals surface area contributed by atoms with Gasteiger partial charge in [0.1, 0.15) is 0 Å². The Bertz CT molecular complexity index is 874. The zero-order valence-corrected chi connectivity index (χ0v) is 15.3. The van der Waals surface area contributed by atoms with Gasteiger partial charge in [-0.1, -0.05) is 53.5 Å². The topological polar surface area (TPSA) is 29.9 Å². The normalized spacial score (nSPS) is 16.6. The van der Waals surface area contributed by atoms with E-state index in [1.807, 2.05) is 12.1 Å². The number of nitrogens with one attached hydrogen (secondary N) is 1. The number of halogens is 2. The molecule has 5 heteroatoms. The molecule has 1 atom stereocenters. The lowest BCUT2D eigenvalue weighted by atomic mass is 10.0. The molecule has 1 aromatic heterocycles. The lowest BCUT2D eigenvalue weighted by Crippen LogP contribution is -2.33. The van der Waals surface area contributed by atoms with Gasteiger partial charge < -0.3 is 5.32 Å². The van der Waals surface area contributed by atoms with Gasteiger partial charge in [0.2, 0.25) is 0 Å². The third-order valence-electron chi connectivity index (χ3n) is 4.65. The molecule has 0 amide bonds. The van der Waals surface area contributed by atoms with Crippen LogP contribution >= 0.6 is 23.2 Å². The van der Waals surface area contributed by atoms with Crippen LogP contribution in [0.3, 0.4) is 0 Å². The quantitative estimate of drug-likeness (QED) is 0.688. The van der Waals surface area contributed by atoms with Gasteiger partial charge in [-0.05, 0) is 42.7 Å². The van der Waals surface area contributed by atoms with Crippen molar-refractivity contribution >= 4 is 23.2 Å². The molecule has 0 saturated carbocycles. The Hall–Kier alpha value is -1.81. The molecule has 128 valence electrons. The summed E-state index contributed by atoms with van der Waals surface area (Å²) in [6, 6.07) is 18.6. The highest BCUT2D eigenvalue weighted by Crippen LogP contribution is 2.32. The highest BCUT2D eigenvalue weighted by Gasteiger charge is 2.23. The standard InChI is InChI=1S/C20H19Cl2N3/c21-15-7-8-16(17(22)12-15)19-13-20-18(23-10-11-25(20)24-19)9-6-14-4-2-1-3-5-14/h1-5,7-8,12-13,18,23H,6,9-11H2. The average Bonchev–Trinajstić information content (AvgIpc) is 3.05. The van der Waals surface area contributed by atoms with E-state index in [0.29, 0.717) is 16.1 Å². The molecule has 0 bridgehead atoms. The van der Waals surface area contributed by atoms with Gasteiger partial charge in [-0.25, -0.2) is 0 Å². The Labute approximate surface area is 157 Å². The van der Waals surface area contributed by atoms with Crippen molar-refractivity contribution in [2.75, 3.05) is 6.54 Å². The van der Waals surface area contributed by atoms with E-state index in [9.17, 15) is 0 Å². The molecule has 1 aliphatic heterocycles. The number of benzene rings is 2. The van der Waals surface area contributed by atoms with Crippen LogP contribution in [0.4, 0.5) is 0 Å². The summed E-state index contributed by atoms with van der Waals surface area (Å²) in [6.45, 7) is 1.81. The summed E-state index contributed by atoms with van der Waals surface area (Å²) in [4.78, 5) is 0. The number of nitrogens with zero attached hydrogens (tertiary/aromatic N) is 2. The minimum Gasteiger partial charge on any atom is -0.307 e. The Morgan fingerprint density at radius 2 is 1.92 bits per heavy atom. The first kappa shape index (κ1) is 16.6. The van der Waals surface area contributed by atoms with Crippen molar-refractivity contribution in [3.63, 3.8) is 0 Å². The fourth-order valence-electron chi connectivity index (χ4n) is 3.37. The summed E-state index contributed by atoms with van der Waals surface area (Å²) in [5.74, 6) is 0. The van der Waals surface area contributed by atoms with Crippen LogP contribution in [0.25, 0.3) is 11.3 Å². The summed E-state index contributed by atoms with van der Waals surface area (Å²) >= 11 is 12.4. The van der Waals surface area contributed by atoms with Crippen LogP contribution < -0.4 is 5.32 Å². The first-order valence-electron chi connectivity index (χ1n) is 8.51. The predicted molar refractivity (Wildman–Crippen MR) is 103 cm³/mol. The molecule has 0 radical (unpaired) electrons. The summed E-state index contributed by atoms with van der Waals surface area (Å²) in [6.07, 6.45) is 2.09. The molecule has 1 aliphatic rings. The van der Waals surface area contributed by atoms with E-state index in [1.165, 1.54) is 11.3 Å². The van der Waals surface area contributed by atoms with E-state index in [-0.39, 0.29) is 0 Å². The molecule has 2 heterocycles. The Morgan fingerprint density at radius 3 is 2.72 bits per heavy atom. The average molecular weight is 372 g/mol. The fourth-order valence-corrected chi connectivity index (χ4v) is 3.88. The van der Waals surface area contributed by atoms with E-state index in [2.05, 4.69) is 46.4 Å². The van der Waals surface area contributed by atoms with Gasteiger partial charge in [0.15, 0.2) is 0 Å². The predicted octanol–water partition coefficient (Wildman–Crippen LogP) is 5.13. The lowest BCUT2D eigenvalue weighted by molar-refractivity contribution is 0.385. The van der Waals surface area contributed by atoms with E-state index >= 15 is 0 Å². The van der Waals surface area contributed by atoms with Crippen LogP contribution in [0, 0.1) is 0 Å². The second kappa shape index (κ2) is 7.20. The van der Waals surface area contributed by atoms with Crippen molar-refractivity contribution in [3.8, 4) is 11.3 Å². The molecule has 4 rings (SSSR count). The molecule has 1 unspecified atom stereocenters. The van der Waals surface area contributed by atoms with Gasteiger partial charge in [0.25, 0.3) is 0 Å². The molecule has 2 aromatic carbocycles. The van der Waals surface area contributed by atoms with Crippen molar-refractivity contribution in [2.45, 2.75) is 25.4 Å². The Balaban J connectivity index is 1.58. The summed E-state index contributed by atoms with van der Waals surface area (Å²) < 4.78 is 2.10. The van der Waals surface area contributed by atoms with E-state index in [4.69, 9.17) is 28.3 Å². The van der Waals surface area contributed by atoms with E-state index in [1.54, 1.807) is 6.07 Å². The van der Waals surface area contributed by atoms with Gasteiger partial charge in [-0.2, -0.15) is 5.10 Å². The Morgan fingerprint density at radius 1 is 1.08 bits per heavy atom. The van der Waals surface area contributed by atoms with Crippen LogP contribution in [0.2, 0.25) is 10.0 Å². The number of aryl methyl sites for hydroxylation is 1. The van der Waals surface area contributed by atoms with Gasteiger partial charge in [0.05, 0.1) is 23.0 Å². The van der Waals surface area contributed by atoms with Crippen LogP contribution in [-0.2, 0) is 13.0 Å². The molecule has 0 aliphatic carbocycles. The van der Waals surface area contributed by atoms with Crippen molar-refractivity contribution in [2.24, 2.45) is 0 Å². The molecule has 0 fully saturated rings. The zero-order valence-electron chi connectivity index (χ0n) is 13.8. The number of fused-ring (bicyclic) bond motifs is 1. The minimum absolute atomic E-state index is 0.307. The van der Waals surface area contributed by atoms with Crippen molar-refractivity contribution < 1.29 is 0 Å². The van der Waals surface area contributed by atoms with E-state index < -0.39 is 0 Å². The lowest BCUT2D eigenvalue weighted by Gasteiger charge is -2.25. The third-order valence-corrected chi connectivity index (χ3v) is 5.20. The monoisotopic (exact) mass is 371 g/mol. The third kappa shape index (κ3) is 3.59. The van der Waals surface area contributed by atoms with Crippen molar-refractivity contribution in [1.29, 1.82) is 0 Å². The van der Waals surface area contributed by atoms with E-state index in [0.717, 1.165) is 37.2 Å². The maximum atomic E-state index is 6.36. The fraction of sp³-hybridized carbons (Fsp3) is 0.250. The second-order valence-electron chi connectivity index (χ2n) is 6.33. The highest BCUT2D eigenvalue weighted by atomic mass is 35.5. The van der Waals surface area contributed by atoms with Crippen LogP contribution in [0.1, 0.15) is 23.7 Å². The van der Waals surface area contributed by atoms with Gasteiger partial charge >= 0.3 is 0 Å². The smallest absolute Gasteiger partial charge is 0.0941 e. The summed E-state index contributed by atoms with van der Waals surface area (Å²) in [7, 11) is 0. The molecule has 1 N–H and O–H groups in total. The number of aromatic nitrogens is 2. The molecular formula is C20H19Cl2N3. The van der Waals surface area contributed by atoms with Crippen LogP contribution in [0.15, 0.2) is 54.6 Å². The molecule has 3 aromatic rings. The Kier molecular flexibility index (Phi) is 4.80. The molecule has 3 nitrogen and oxygen atoms in total. The first-order chi connectivity index (χ1) is 12.2. The van der Waals surface area contributed by atoms with Gasteiger partial charge in [-0.15, -0.1) is 0 Å². The maximum absolute atomic E-state index is 6.36. The molecule has 0 saturated heterocycles. The van der Waals surface area contributed by atoms with Crippen molar-refractivity contribution in [1.82, 2.24) is 15.1 Å². The minimum atomic E-state index is 0.307. The van der Waals surface area contributed by atoms with Gasteiger partial charge in [-0.3, -0.25) is 4.68 Å². The largest absolute Gasteiger partial charge is 0.307 e. The zero-order chi connectivity index (χ0) is 17.2. The van der Waals surface area contributed by atoms with Crippen LogP contribution in [0.5, 0.6) is 0 Å². The van der Waals surface area contributed by atoms with Crippen molar-refractivity contribution in [3.05, 3.63) is 75.9 Å². The number of rotatable bonds is 4. The molecular weight excluding hydrogens is 353 g/mol. The summed E-state index contributed by atoms with van der Waals surface area (Å²) in [5, 5.41) is 9.66. The SMILES string of the molecule is Clc1ccc(-c2cc3n(n2)CCNC3CCc2ccccc2)c(Cl)c1. The first-order valence-corrected chi connectivity index (χ1v) is 9.27. The molecule has 0 spiro atoms. The summed E-state index contributed by atoms with van der Waals surface area (Å²) in [5.41, 5.74) is 4.42. The van der Waals surface area contributed by atoms with Gasteiger partial charge in [0, 0.05) is 23.2 Å². The second-order valence-corrected chi connectivity index (χ2v) is 7.18. The number of hydrogen-bond acceptors (Lipinski definition) is 2. The molecule has 25 heavy (non-hydrogen) atoms. The van der Waals surface area contributed by atoms with Crippen LogP contribution in [-0.4, -0.2) is 16.3 Å². The highest BCUT2D eigenvalue weighted by molar-refractivity contribution is 6.36. The maximum Gasteiger partial charge on any atom is 0.0941 e.